The minimum atomic E-state index is 0.00137. The summed E-state index contributed by atoms with van der Waals surface area (Å²) < 4.78 is 0. The van der Waals surface area contributed by atoms with Crippen molar-refractivity contribution in [1.29, 1.82) is 10.5 Å². The molecule has 0 radical (unpaired) electrons. The molecule has 0 heterocycles. The molecule has 0 aromatic heterocycles. The van der Waals surface area contributed by atoms with E-state index < -0.39 is 0 Å². The Bertz CT molecular complexity index is 813. The normalized spacial score (nSPS) is 10.4. The molecule has 0 aliphatic carbocycles. The zero-order valence-electron chi connectivity index (χ0n) is 13.5. The van der Waals surface area contributed by atoms with Crippen molar-refractivity contribution in [3.8, 4) is 12.1 Å². The summed E-state index contributed by atoms with van der Waals surface area (Å²) in [4.78, 5) is 1.86. The van der Waals surface area contributed by atoms with Crippen LogP contribution in [0, 0.1) is 22.7 Å². The van der Waals surface area contributed by atoms with Crippen molar-refractivity contribution in [1.82, 2.24) is 0 Å². The van der Waals surface area contributed by atoms with Crippen LogP contribution in [-0.4, -0.2) is 36.5 Å². The van der Waals surface area contributed by atoms with Gasteiger partial charge < -0.3 is 15.1 Å². The maximum Gasteiger partial charge on any atom is 0.101 e. The molecule has 0 spiro atoms. The van der Waals surface area contributed by atoms with Gasteiger partial charge in [-0.2, -0.15) is 20.8 Å². The predicted molar refractivity (Wildman–Crippen MR) is 92.9 cm³/mol. The van der Waals surface area contributed by atoms with Crippen LogP contribution in [0.25, 0.3) is 0 Å². The fraction of sp³-hybridized carbons (Fsp3) is 0.222. The van der Waals surface area contributed by atoms with E-state index in [1.54, 1.807) is 18.2 Å². The highest BCUT2D eigenvalue weighted by Gasteiger charge is 2.05. The number of aliphatic hydroxyl groups is 2. The summed E-state index contributed by atoms with van der Waals surface area (Å²) in [6.07, 6.45) is 0. The van der Waals surface area contributed by atoms with Gasteiger partial charge in [-0.3, -0.25) is 0 Å². The number of nitrogens with zero attached hydrogens (tertiary/aromatic N) is 5. The van der Waals surface area contributed by atoms with Crippen LogP contribution in [-0.2, 0) is 0 Å². The van der Waals surface area contributed by atoms with Crippen molar-refractivity contribution in [2.45, 2.75) is 0 Å². The Morgan fingerprint density at radius 2 is 1.36 bits per heavy atom. The highest BCUT2D eigenvalue weighted by molar-refractivity contribution is 5.55. The SMILES string of the molecule is N#Cc1ccc(N=Nc2ccc(N(CCO)CCO)cc2)cc1C#N. The molecular formula is C18H17N5O2. The smallest absolute Gasteiger partial charge is 0.101 e. The van der Waals surface area contributed by atoms with Gasteiger partial charge in [0.05, 0.1) is 35.7 Å². The summed E-state index contributed by atoms with van der Waals surface area (Å²) in [6, 6.07) is 15.8. The molecule has 0 fully saturated rings. The highest BCUT2D eigenvalue weighted by Crippen LogP contribution is 2.23. The van der Waals surface area contributed by atoms with Gasteiger partial charge >= 0.3 is 0 Å². The van der Waals surface area contributed by atoms with Crippen LogP contribution >= 0.6 is 0 Å². The number of azo groups is 1. The van der Waals surface area contributed by atoms with Gasteiger partial charge in [0.2, 0.25) is 0 Å². The van der Waals surface area contributed by atoms with Gasteiger partial charge in [-0.1, -0.05) is 0 Å². The molecule has 2 aromatic carbocycles. The first-order chi connectivity index (χ1) is 12.2. The van der Waals surface area contributed by atoms with E-state index in [0.29, 0.717) is 30.0 Å². The van der Waals surface area contributed by atoms with Crippen molar-refractivity contribution in [2.75, 3.05) is 31.2 Å². The van der Waals surface area contributed by atoms with Crippen LogP contribution in [0.4, 0.5) is 17.1 Å². The lowest BCUT2D eigenvalue weighted by Gasteiger charge is -2.22. The number of anilines is 1. The molecule has 7 nitrogen and oxygen atoms in total. The van der Waals surface area contributed by atoms with Gasteiger partial charge in [0.1, 0.15) is 12.1 Å². The second kappa shape index (κ2) is 9.14. The van der Waals surface area contributed by atoms with E-state index in [1.807, 2.05) is 29.2 Å². The number of hydrogen-bond acceptors (Lipinski definition) is 7. The third kappa shape index (κ3) is 4.85. The Morgan fingerprint density at radius 3 is 1.92 bits per heavy atom. The highest BCUT2D eigenvalue weighted by atomic mass is 16.3. The molecule has 2 rings (SSSR count). The average molecular weight is 335 g/mol. The molecule has 0 saturated heterocycles. The molecule has 2 N–H and O–H groups in total. The first kappa shape index (κ1) is 18.1. The zero-order chi connectivity index (χ0) is 18.1. The molecule has 0 aliphatic rings. The summed E-state index contributed by atoms with van der Waals surface area (Å²) in [7, 11) is 0. The van der Waals surface area contributed by atoms with Crippen molar-refractivity contribution in [3.63, 3.8) is 0 Å². The second-order valence-corrected chi connectivity index (χ2v) is 5.10. The maximum atomic E-state index is 9.07. The van der Waals surface area contributed by atoms with Crippen LogP contribution in [0.2, 0.25) is 0 Å². The molecular weight excluding hydrogens is 318 g/mol. The monoisotopic (exact) mass is 335 g/mol. The van der Waals surface area contributed by atoms with E-state index >= 15 is 0 Å². The zero-order valence-corrected chi connectivity index (χ0v) is 13.5. The molecule has 2 aromatic rings. The minimum Gasteiger partial charge on any atom is -0.395 e. The van der Waals surface area contributed by atoms with Crippen LogP contribution in [0.15, 0.2) is 52.7 Å². The summed E-state index contributed by atoms with van der Waals surface area (Å²) in [5.41, 5.74) is 2.55. The molecule has 0 atom stereocenters. The first-order valence-electron chi connectivity index (χ1n) is 7.64. The topological polar surface area (TPSA) is 116 Å². The van der Waals surface area contributed by atoms with Gasteiger partial charge in [-0.25, -0.2) is 0 Å². The number of benzene rings is 2. The van der Waals surface area contributed by atoms with E-state index in [9.17, 15) is 0 Å². The van der Waals surface area contributed by atoms with Gasteiger partial charge in [-0.05, 0) is 42.5 Å². The first-order valence-corrected chi connectivity index (χ1v) is 7.64. The van der Waals surface area contributed by atoms with E-state index in [4.69, 9.17) is 20.7 Å². The molecule has 0 unspecified atom stereocenters. The molecule has 0 amide bonds. The quantitative estimate of drug-likeness (QED) is 0.755. The molecule has 0 bridgehead atoms. The molecule has 0 saturated carbocycles. The van der Waals surface area contributed by atoms with Gasteiger partial charge in [0, 0.05) is 18.8 Å². The van der Waals surface area contributed by atoms with E-state index in [2.05, 4.69) is 10.2 Å². The molecule has 0 aliphatic heterocycles. The Labute approximate surface area is 145 Å². The van der Waals surface area contributed by atoms with Gasteiger partial charge in [0.15, 0.2) is 0 Å². The lowest BCUT2D eigenvalue weighted by Crippen LogP contribution is -2.29. The lowest BCUT2D eigenvalue weighted by atomic mass is 10.1. The molecule has 25 heavy (non-hydrogen) atoms. The Balaban J connectivity index is 2.14. The predicted octanol–water partition coefficient (Wildman–Crippen LogP) is 2.64. The van der Waals surface area contributed by atoms with Crippen molar-refractivity contribution in [2.24, 2.45) is 10.2 Å². The fourth-order valence-corrected chi connectivity index (χ4v) is 2.24. The number of aliphatic hydroxyl groups excluding tert-OH is 2. The second-order valence-electron chi connectivity index (χ2n) is 5.10. The van der Waals surface area contributed by atoms with Crippen LogP contribution in [0.5, 0.6) is 0 Å². The van der Waals surface area contributed by atoms with E-state index in [0.717, 1.165) is 5.69 Å². The third-order valence-corrected chi connectivity index (χ3v) is 3.48. The fourth-order valence-electron chi connectivity index (χ4n) is 2.24. The van der Waals surface area contributed by atoms with Crippen LogP contribution < -0.4 is 4.90 Å². The largest absolute Gasteiger partial charge is 0.395 e. The van der Waals surface area contributed by atoms with Crippen molar-refractivity contribution < 1.29 is 10.2 Å². The summed E-state index contributed by atoms with van der Waals surface area (Å²) in [6.45, 7) is 0.871. The van der Waals surface area contributed by atoms with Gasteiger partial charge in [0.25, 0.3) is 0 Å². The third-order valence-electron chi connectivity index (χ3n) is 3.48. The van der Waals surface area contributed by atoms with Crippen LogP contribution in [0.3, 0.4) is 0 Å². The number of rotatable bonds is 7. The lowest BCUT2D eigenvalue weighted by molar-refractivity contribution is 0.281. The molecule has 7 heteroatoms. The summed E-state index contributed by atoms with van der Waals surface area (Å²) in [5.74, 6) is 0. The van der Waals surface area contributed by atoms with E-state index in [1.165, 1.54) is 12.1 Å². The Morgan fingerprint density at radius 1 is 0.800 bits per heavy atom. The summed E-state index contributed by atoms with van der Waals surface area (Å²) >= 11 is 0. The molecule has 126 valence electrons. The minimum absolute atomic E-state index is 0.00137. The average Bonchev–Trinajstić information content (AvgIpc) is 2.66. The Hall–Kier alpha value is -3.26. The van der Waals surface area contributed by atoms with E-state index in [-0.39, 0.29) is 18.8 Å². The van der Waals surface area contributed by atoms with Crippen LogP contribution in [0.1, 0.15) is 11.1 Å². The Kier molecular flexibility index (Phi) is 6.61. The number of hydrogen-bond donors (Lipinski definition) is 2. The van der Waals surface area contributed by atoms with Crippen molar-refractivity contribution in [3.05, 3.63) is 53.6 Å². The van der Waals surface area contributed by atoms with Gasteiger partial charge in [-0.15, -0.1) is 0 Å². The summed E-state index contributed by atoms with van der Waals surface area (Å²) in [5, 5.41) is 44.3. The maximum absolute atomic E-state index is 9.07. The number of nitriles is 2. The standard InChI is InChI=1S/C18H17N5O2/c19-12-14-1-2-17(11-15(14)13-20)22-21-16-3-5-18(6-4-16)23(7-9-24)8-10-25/h1-6,11,24-25H,7-10H2. The van der Waals surface area contributed by atoms with Crippen molar-refractivity contribution >= 4 is 17.1 Å².